The summed E-state index contributed by atoms with van der Waals surface area (Å²) in [5, 5.41) is 0. The summed E-state index contributed by atoms with van der Waals surface area (Å²) < 4.78 is 0. The molecule has 3 nitrogen and oxygen atoms in total. The minimum Gasteiger partial charge on any atom is -0.338 e. The van der Waals surface area contributed by atoms with Gasteiger partial charge in [-0.1, -0.05) is 31.0 Å². The summed E-state index contributed by atoms with van der Waals surface area (Å²) in [6.45, 7) is 7.75. The summed E-state index contributed by atoms with van der Waals surface area (Å²) in [5.74, 6) is 0.592. The molecule has 1 aliphatic rings. The minimum absolute atomic E-state index is 0.159. The van der Waals surface area contributed by atoms with E-state index in [1.54, 1.807) is 0 Å². The van der Waals surface area contributed by atoms with Crippen molar-refractivity contribution in [1.82, 2.24) is 4.90 Å². The van der Waals surface area contributed by atoms with Gasteiger partial charge in [0.1, 0.15) is 0 Å². The van der Waals surface area contributed by atoms with Crippen LogP contribution in [0.1, 0.15) is 41.3 Å². The van der Waals surface area contributed by atoms with Crippen molar-refractivity contribution in [3.63, 3.8) is 0 Å². The van der Waals surface area contributed by atoms with E-state index < -0.39 is 0 Å². The van der Waals surface area contributed by atoms with E-state index in [0.29, 0.717) is 5.92 Å². The van der Waals surface area contributed by atoms with Gasteiger partial charge in [0.15, 0.2) is 0 Å². The fourth-order valence-electron chi connectivity index (χ4n) is 2.80. The van der Waals surface area contributed by atoms with Crippen LogP contribution in [0.2, 0.25) is 0 Å². The number of nitrogens with two attached hydrogens (primary N) is 1. The third kappa shape index (κ3) is 2.98. The number of piperidine rings is 1. The van der Waals surface area contributed by atoms with E-state index in [0.717, 1.165) is 42.6 Å². The molecule has 1 heterocycles. The Bertz CT molecular complexity index is 470. The van der Waals surface area contributed by atoms with Gasteiger partial charge in [-0.25, -0.2) is 0 Å². The number of amides is 1. The molecule has 1 aromatic carbocycles. The van der Waals surface area contributed by atoms with Gasteiger partial charge in [0.25, 0.3) is 5.91 Å². The predicted molar refractivity (Wildman–Crippen MR) is 78.2 cm³/mol. The molecule has 0 aliphatic carbocycles. The average Bonchev–Trinajstić information content (AvgIpc) is 2.41. The largest absolute Gasteiger partial charge is 0.338 e. The standard InChI is InChI=1S/C16H24N2O/c1-4-13-10-18(8-7-15(13)17)16(19)14-9-11(2)5-6-12(14)3/h5-6,9,13,15H,4,7-8,10,17H2,1-3H3. The van der Waals surface area contributed by atoms with E-state index in [1.807, 2.05) is 36.9 Å². The van der Waals surface area contributed by atoms with Gasteiger partial charge in [-0.2, -0.15) is 0 Å². The molecule has 104 valence electrons. The topological polar surface area (TPSA) is 46.3 Å². The third-order valence-electron chi connectivity index (χ3n) is 4.23. The van der Waals surface area contributed by atoms with Gasteiger partial charge >= 0.3 is 0 Å². The number of aryl methyl sites for hydroxylation is 2. The summed E-state index contributed by atoms with van der Waals surface area (Å²) in [7, 11) is 0. The molecular formula is C16H24N2O. The zero-order chi connectivity index (χ0) is 14.0. The van der Waals surface area contributed by atoms with Crippen molar-refractivity contribution in [3.05, 3.63) is 34.9 Å². The average molecular weight is 260 g/mol. The number of hydrogen-bond acceptors (Lipinski definition) is 2. The third-order valence-corrected chi connectivity index (χ3v) is 4.23. The van der Waals surface area contributed by atoms with Crippen molar-refractivity contribution >= 4 is 5.91 Å². The first-order valence-electron chi connectivity index (χ1n) is 7.15. The SMILES string of the molecule is CCC1CN(C(=O)c2cc(C)ccc2C)CCC1N. The van der Waals surface area contributed by atoms with Crippen LogP contribution < -0.4 is 5.73 Å². The van der Waals surface area contributed by atoms with E-state index in [4.69, 9.17) is 5.73 Å². The highest BCUT2D eigenvalue weighted by atomic mass is 16.2. The van der Waals surface area contributed by atoms with Crippen LogP contribution in [0.3, 0.4) is 0 Å². The van der Waals surface area contributed by atoms with Crippen molar-refractivity contribution in [3.8, 4) is 0 Å². The summed E-state index contributed by atoms with van der Waals surface area (Å²) in [4.78, 5) is 14.6. The molecule has 2 rings (SSSR count). The van der Waals surface area contributed by atoms with Crippen LogP contribution in [0.15, 0.2) is 18.2 Å². The molecule has 19 heavy (non-hydrogen) atoms. The van der Waals surface area contributed by atoms with E-state index in [2.05, 4.69) is 6.92 Å². The van der Waals surface area contributed by atoms with Crippen LogP contribution in [0.25, 0.3) is 0 Å². The molecule has 2 atom stereocenters. The van der Waals surface area contributed by atoms with Crippen LogP contribution in [0.4, 0.5) is 0 Å². The van der Waals surface area contributed by atoms with Crippen molar-refractivity contribution in [2.24, 2.45) is 11.7 Å². The van der Waals surface area contributed by atoms with Crippen LogP contribution in [-0.2, 0) is 0 Å². The van der Waals surface area contributed by atoms with Gasteiger partial charge in [-0.3, -0.25) is 4.79 Å². The van der Waals surface area contributed by atoms with Crippen LogP contribution in [0.5, 0.6) is 0 Å². The van der Waals surface area contributed by atoms with Crippen molar-refractivity contribution in [2.75, 3.05) is 13.1 Å². The fraction of sp³-hybridized carbons (Fsp3) is 0.562. The Hall–Kier alpha value is -1.35. The van der Waals surface area contributed by atoms with Crippen molar-refractivity contribution in [1.29, 1.82) is 0 Å². The van der Waals surface area contributed by atoms with Crippen LogP contribution in [0, 0.1) is 19.8 Å². The second-order valence-corrected chi connectivity index (χ2v) is 5.69. The smallest absolute Gasteiger partial charge is 0.254 e. The highest BCUT2D eigenvalue weighted by Gasteiger charge is 2.29. The van der Waals surface area contributed by atoms with E-state index >= 15 is 0 Å². The van der Waals surface area contributed by atoms with Gasteiger partial charge in [0.05, 0.1) is 0 Å². The number of nitrogens with zero attached hydrogens (tertiary/aromatic N) is 1. The Morgan fingerprint density at radius 3 is 2.84 bits per heavy atom. The minimum atomic E-state index is 0.159. The molecule has 0 aromatic heterocycles. The highest BCUT2D eigenvalue weighted by Crippen LogP contribution is 2.21. The quantitative estimate of drug-likeness (QED) is 0.888. The molecule has 2 N–H and O–H groups in total. The van der Waals surface area contributed by atoms with Gasteiger partial charge in [0, 0.05) is 24.7 Å². The maximum absolute atomic E-state index is 12.6. The van der Waals surface area contributed by atoms with Crippen molar-refractivity contribution in [2.45, 2.75) is 39.7 Å². The maximum Gasteiger partial charge on any atom is 0.254 e. The highest BCUT2D eigenvalue weighted by molar-refractivity contribution is 5.95. The first kappa shape index (κ1) is 14.1. The zero-order valence-corrected chi connectivity index (χ0v) is 12.1. The number of likely N-dealkylation sites (tertiary alicyclic amines) is 1. The lowest BCUT2D eigenvalue weighted by Gasteiger charge is -2.36. The number of rotatable bonds is 2. The zero-order valence-electron chi connectivity index (χ0n) is 12.1. The molecule has 1 aliphatic heterocycles. The Kier molecular flexibility index (Phi) is 4.25. The van der Waals surface area contributed by atoms with E-state index in [-0.39, 0.29) is 11.9 Å². The second kappa shape index (κ2) is 5.74. The van der Waals surface area contributed by atoms with Crippen LogP contribution in [-0.4, -0.2) is 29.9 Å². The van der Waals surface area contributed by atoms with Crippen LogP contribution >= 0.6 is 0 Å². The summed E-state index contributed by atoms with van der Waals surface area (Å²) in [5.41, 5.74) is 9.13. The molecule has 0 bridgehead atoms. The fourth-order valence-corrected chi connectivity index (χ4v) is 2.80. The normalized spacial score (nSPS) is 23.5. The first-order valence-corrected chi connectivity index (χ1v) is 7.15. The molecule has 1 amide bonds. The molecule has 0 spiro atoms. The Balaban J connectivity index is 2.18. The number of benzene rings is 1. The van der Waals surface area contributed by atoms with E-state index in [1.165, 1.54) is 0 Å². The van der Waals surface area contributed by atoms with Gasteiger partial charge < -0.3 is 10.6 Å². The Labute approximate surface area is 115 Å². The Morgan fingerprint density at radius 2 is 2.16 bits per heavy atom. The molecule has 3 heteroatoms. The predicted octanol–water partition coefficient (Wildman–Crippen LogP) is 2.50. The second-order valence-electron chi connectivity index (χ2n) is 5.69. The van der Waals surface area contributed by atoms with E-state index in [9.17, 15) is 4.79 Å². The molecule has 0 radical (unpaired) electrons. The summed E-state index contributed by atoms with van der Waals surface area (Å²) >= 11 is 0. The lowest BCUT2D eigenvalue weighted by Crippen LogP contribution is -2.49. The van der Waals surface area contributed by atoms with Gasteiger partial charge in [0.2, 0.25) is 0 Å². The monoisotopic (exact) mass is 260 g/mol. The maximum atomic E-state index is 12.6. The number of carbonyl (C=O) groups is 1. The molecule has 0 saturated carbocycles. The first-order chi connectivity index (χ1) is 9.02. The van der Waals surface area contributed by atoms with Crippen molar-refractivity contribution < 1.29 is 4.79 Å². The Morgan fingerprint density at radius 1 is 1.42 bits per heavy atom. The molecule has 1 aromatic rings. The van der Waals surface area contributed by atoms with Gasteiger partial charge in [-0.15, -0.1) is 0 Å². The van der Waals surface area contributed by atoms with Gasteiger partial charge in [-0.05, 0) is 37.8 Å². The lowest BCUT2D eigenvalue weighted by molar-refractivity contribution is 0.0648. The number of hydrogen-bond donors (Lipinski definition) is 1. The molecule has 1 saturated heterocycles. The molecule has 2 unspecified atom stereocenters. The summed E-state index contributed by atoms with van der Waals surface area (Å²) in [6, 6.07) is 6.31. The summed E-state index contributed by atoms with van der Waals surface area (Å²) in [6.07, 6.45) is 1.95. The molecule has 1 fully saturated rings. The number of carbonyl (C=O) groups excluding carboxylic acids is 1. The lowest BCUT2D eigenvalue weighted by atomic mass is 9.90. The molecular weight excluding hydrogens is 236 g/mol.